The van der Waals surface area contributed by atoms with Crippen LogP contribution in [0.3, 0.4) is 0 Å². The predicted molar refractivity (Wildman–Crippen MR) is 110 cm³/mol. The lowest BCUT2D eigenvalue weighted by molar-refractivity contribution is 0.0751. The van der Waals surface area contributed by atoms with Crippen LogP contribution in [-0.4, -0.2) is 22.4 Å². The van der Waals surface area contributed by atoms with Crippen molar-refractivity contribution in [2.75, 3.05) is 7.05 Å². The predicted octanol–water partition coefficient (Wildman–Crippen LogP) is 4.07. The van der Waals surface area contributed by atoms with Gasteiger partial charge in [-0.1, -0.05) is 31.2 Å². The number of nitrogens with zero attached hydrogens (tertiary/aromatic N) is 2. The summed E-state index contributed by atoms with van der Waals surface area (Å²) in [6, 6.07) is 16.2. The molecule has 29 heavy (non-hydrogen) atoms. The number of amides is 1. The standard InChI is InChI=1S/C23H22N2O4/c1-3-19-18(17-8-4-5-9-20(17)29-19)15-24(2)23(27)21-12-11-16(28-21)14-25-13-7-6-10-22(25)26/h4-13H,3,14-15H2,1-2H3. The average Bonchev–Trinajstić information content (AvgIpc) is 3.34. The molecule has 0 atom stereocenters. The average molecular weight is 390 g/mol. The Kier molecular flexibility index (Phi) is 5.08. The number of hydrogen-bond donors (Lipinski definition) is 0. The molecule has 3 aromatic heterocycles. The van der Waals surface area contributed by atoms with Gasteiger partial charge in [0.15, 0.2) is 5.76 Å². The molecule has 0 spiro atoms. The maximum atomic E-state index is 12.9. The summed E-state index contributed by atoms with van der Waals surface area (Å²) in [5, 5.41) is 1.02. The first-order valence-corrected chi connectivity index (χ1v) is 9.55. The minimum atomic E-state index is -0.219. The fourth-order valence-corrected chi connectivity index (χ4v) is 3.44. The molecule has 0 bridgehead atoms. The van der Waals surface area contributed by atoms with Gasteiger partial charge >= 0.3 is 0 Å². The van der Waals surface area contributed by atoms with Gasteiger partial charge in [-0.25, -0.2) is 0 Å². The summed E-state index contributed by atoms with van der Waals surface area (Å²) in [4.78, 5) is 26.3. The summed E-state index contributed by atoms with van der Waals surface area (Å²) in [5.41, 5.74) is 1.73. The Morgan fingerprint density at radius 1 is 1.03 bits per heavy atom. The number of hydrogen-bond acceptors (Lipinski definition) is 4. The third-order valence-corrected chi connectivity index (χ3v) is 4.94. The number of pyridine rings is 1. The topological polar surface area (TPSA) is 68.6 Å². The number of aryl methyl sites for hydroxylation is 1. The van der Waals surface area contributed by atoms with Crippen molar-refractivity contribution < 1.29 is 13.6 Å². The number of benzene rings is 1. The highest BCUT2D eigenvalue weighted by Crippen LogP contribution is 2.27. The van der Waals surface area contributed by atoms with Crippen molar-refractivity contribution in [3.05, 3.63) is 94.0 Å². The van der Waals surface area contributed by atoms with Gasteiger partial charge in [-0.2, -0.15) is 0 Å². The number of carbonyl (C=O) groups is 1. The number of para-hydroxylation sites is 1. The molecule has 0 radical (unpaired) electrons. The zero-order chi connectivity index (χ0) is 20.4. The first kappa shape index (κ1) is 18.8. The van der Waals surface area contributed by atoms with Crippen molar-refractivity contribution in [3.8, 4) is 0 Å². The molecule has 0 unspecified atom stereocenters. The third kappa shape index (κ3) is 3.74. The Morgan fingerprint density at radius 3 is 2.62 bits per heavy atom. The summed E-state index contributed by atoms with van der Waals surface area (Å²) in [6.07, 6.45) is 2.44. The molecule has 0 fully saturated rings. The zero-order valence-electron chi connectivity index (χ0n) is 16.4. The van der Waals surface area contributed by atoms with Crippen LogP contribution >= 0.6 is 0 Å². The molecule has 0 saturated carbocycles. The molecule has 148 valence electrons. The molecule has 3 heterocycles. The fraction of sp³-hybridized carbons (Fsp3) is 0.217. The Labute approximate surface area is 168 Å². The van der Waals surface area contributed by atoms with Crippen LogP contribution in [-0.2, 0) is 19.5 Å². The van der Waals surface area contributed by atoms with E-state index in [1.54, 1.807) is 42.4 Å². The van der Waals surface area contributed by atoms with Gasteiger partial charge in [0, 0.05) is 43.2 Å². The maximum Gasteiger partial charge on any atom is 0.289 e. The van der Waals surface area contributed by atoms with E-state index in [9.17, 15) is 9.59 Å². The summed E-state index contributed by atoms with van der Waals surface area (Å²) >= 11 is 0. The minimum absolute atomic E-state index is 0.118. The molecule has 0 aliphatic rings. The number of carbonyl (C=O) groups excluding carboxylic acids is 1. The molecular weight excluding hydrogens is 368 g/mol. The summed E-state index contributed by atoms with van der Waals surface area (Å²) < 4.78 is 13.2. The van der Waals surface area contributed by atoms with Crippen molar-refractivity contribution in [3.63, 3.8) is 0 Å². The quantitative estimate of drug-likeness (QED) is 0.498. The van der Waals surface area contributed by atoms with E-state index in [-0.39, 0.29) is 23.8 Å². The Hall–Kier alpha value is -3.54. The van der Waals surface area contributed by atoms with Crippen LogP contribution in [0.2, 0.25) is 0 Å². The van der Waals surface area contributed by atoms with Crippen molar-refractivity contribution >= 4 is 16.9 Å². The third-order valence-electron chi connectivity index (χ3n) is 4.94. The van der Waals surface area contributed by atoms with E-state index in [4.69, 9.17) is 8.83 Å². The zero-order valence-corrected chi connectivity index (χ0v) is 16.4. The van der Waals surface area contributed by atoms with E-state index in [1.807, 2.05) is 31.2 Å². The summed E-state index contributed by atoms with van der Waals surface area (Å²) in [5.74, 6) is 1.47. The minimum Gasteiger partial charge on any atom is -0.461 e. The Balaban J connectivity index is 1.53. The Morgan fingerprint density at radius 2 is 1.83 bits per heavy atom. The first-order chi connectivity index (χ1) is 14.1. The number of furan rings is 2. The maximum absolute atomic E-state index is 12.9. The van der Waals surface area contributed by atoms with Gasteiger partial charge in [-0.05, 0) is 24.3 Å². The van der Waals surface area contributed by atoms with Gasteiger partial charge in [-0.3, -0.25) is 9.59 Å². The first-order valence-electron chi connectivity index (χ1n) is 9.55. The Bertz CT molecular complexity index is 1210. The molecule has 1 amide bonds. The largest absolute Gasteiger partial charge is 0.461 e. The number of aromatic nitrogens is 1. The number of fused-ring (bicyclic) bond motifs is 1. The fourth-order valence-electron chi connectivity index (χ4n) is 3.44. The molecule has 0 saturated heterocycles. The van der Waals surface area contributed by atoms with E-state index in [2.05, 4.69) is 0 Å². The van der Waals surface area contributed by atoms with Gasteiger partial charge in [0.05, 0.1) is 6.54 Å². The second-order valence-electron chi connectivity index (χ2n) is 6.95. The van der Waals surface area contributed by atoms with Crippen molar-refractivity contribution in [1.82, 2.24) is 9.47 Å². The SMILES string of the molecule is CCc1oc2ccccc2c1CN(C)C(=O)c1ccc(Cn2ccccc2=O)o1. The van der Waals surface area contributed by atoms with Gasteiger partial charge in [0.25, 0.3) is 11.5 Å². The molecule has 0 aliphatic carbocycles. The molecule has 4 aromatic rings. The lowest BCUT2D eigenvalue weighted by Crippen LogP contribution is -2.26. The molecule has 4 rings (SSSR count). The van der Waals surface area contributed by atoms with E-state index >= 15 is 0 Å². The van der Waals surface area contributed by atoms with Crippen LogP contribution in [0.5, 0.6) is 0 Å². The number of rotatable bonds is 6. The molecular formula is C23H22N2O4. The summed E-state index contributed by atoms with van der Waals surface area (Å²) in [7, 11) is 1.74. The molecule has 1 aromatic carbocycles. The molecule has 6 nitrogen and oxygen atoms in total. The van der Waals surface area contributed by atoms with Crippen LogP contribution in [0.1, 0.15) is 34.6 Å². The molecule has 0 aliphatic heterocycles. The highest BCUT2D eigenvalue weighted by atomic mass is 16.4. The lowest BCUT2D eigenvalue weighted by Gasteiger charge is -2.16. The smallest absolute Gasteiger partial charge is 0.289 e. The normalized spacial score (nSPS) is 11.1. The molecule has 0 N–H and O–H groups in total. The monoisotopic (exact) mass is 390 g/mol. The highest BCUT2D eigenvalue weighted by Gasteiger charge is 2.20. The van der Waals surface area contributed by atoms with Crippen molar-refractivity contribution in [1.29, 1.82) is 0 Å². The van der Waals surface area contributed by atoms with Crippen LogP contribution < -0.4 is 5.56 Å². The second kappa shape index (κ2) is 7.83. The summed E-state index contributed by atoms with van der Waals surface area (Å²) in [6.45, 7) is 2.74. The van der Waals surface area contributed by atoms with Gasteiger partial charge < -0.3 is 18.3 Å². The highest BCUT2D eigenvalue weighted by molar-refractivity contribution is 5.92. The van der Waals surface area contributed by atoms with Crippen LogP contribution in [0.25, 0.3) is 11.0 Å². The van der Waals surface area contributed by atoms with Crippen LogP contribution in [0, 0.1) is 0 Å². The van der Waals surface area contributed by atoms with Gasteiger partial charge in [0.2, 0.25) is 0 Å². The van der Waals surface area contributed by atoms with E-state index in [0.717, 1.165) is 28.7 Å². The van der Waals surface area contributed by atoms with Crippen LogP contribution in [0.15, 0.2) is 74.4 Å². The van der Waals surface area contributed by atoms with Gasteiger partial charge in [-0.15, -0.1) is 0 Å². The molecule has 6 heteroatoms. The van der Waals surface area contributed by atoms with E-state index in [0.29, 0.717) is 12.3 Å². The lowest BCUT2D eigenvalue weighted by atomic mass is 10.1. The van der Waals surface area contributed by atoms with Crippen molar-refractivity contribution in [2.24, 2.45) is 0 Å². The van der Waals surface area contributed by atoms with Gasteiger partial charge in [0.1, 0.15) is 17.1 Å². The second-order valence-corrected chi connectivity index (χ2v) is 6.95. The van der Waals surface area contributed by atoms with Crippen molar-refractivity contribution in [2.45, 2.75) is 26.4 Å². The van der Waals surface area contributed by atoms with Crippen LogP contribution in [0.4, 0.5) is 0 Å². The van der Waals surface area contributed by atoms with E-state index < -0.39 is 0 Å². The van der Waals surface area contributed by atoms with E-state index in [1.165, 1.54) is 10.6 Å².